The van der Waals surface area contributed by atoms with Crippen molar-refractivity contribution in [3.63, 3.8) is 0 Å². The number of carboxylic acid groups (broad SMARTS) is 1. The molecule has 38 heavy (non-hydrogen) atoms. The minimum absolute atomic E-state index is 0.143. The molecule has 0 fully saturated rings. The maximum atomic E-state index is 12.4. The third-order valence-electron chi connectivity index (χ3n) is 6.14. The molecule has 5 rings (SSSR count). The number of H-pyrrole nitrogens is 1. The van der Waals surface area contributed by atoms with Gasteiger partial charge in [-0.1, -0.05) is 85.3 Å². The Morgan fingerprint density at radius 2 is 1.63 bits per heavy atom. The smallest absolute Gasteiger partial charge is 0.342 e. The lowest BCUT2D eigenvalue weighted by Gasteiger charge is -2.15. The molecule has 7 heteroatoms. The van der Waals surface area contributed by atoms with E-state index in [-0.39, 0.29) is 4.91 Å². The summed E-state index contributed by atoms with van der Waals surface area (Å²) in [5, 5.41) is 17.7. The monoisotopic (exact) mass is 520 g/mol. The van der Waals surface area contributed by atoms with Gasteiger partial charge in [0.05, 0.1) is 11.4 Å². The van der Waals surface area contributed by atoms with E-state index in [0.29, 0.717) is 5.16 Å². The lowest BCUT2D eigenvalue weighted by atomic mass is 10.1. The van der Waals surface area contributed by atoms with Gasteiger partial charge in [0.15, 0.2) is 0 Å². The minimum Gasteiger partial charge on any atom is -0.477 e. The highest BCUT2D eigenvalue weighted by atomic mass is 32.2. The molecule has 190 valence electrons. The van der Waals surface area contributed by atoms with E-state index in [9.17, 15) is 9.90 Å². The number of carbonyl (C=O) groups is 1. The number of nitrogens with one attached hydrogen (secondary N) is 1. The van der Waals surface area contributed by atoms with Crippen molar-refractivity contribution < 1.29 is 9.90 Å². The van der Waals surface area contributed by atoms with Crippen molar-refractivity contribution in [2.45, 2.75) is 31.8 Å². The van der Waals surface area contributed by atoms with Crippen LogP contribution in [0.5, 0.6) is 0 Å². The number of aromatic nitrogens is 4. The van der Waals surface area contributed by atoms with Gasteiger partial charge in [-0.15, -0.1) is 5.10 Å². The van der Waals surface area contributed by atoms with Gasteiger partial charge in [0, 0.05) is 17.7 Å². The molecule has 6 nitrogen and oxygen atoms in total. The number of aromatic amines is 1. The van der Waals surface area contributed by atoms with Gasteiger partial charge in [0.2, 0.25) is 5.16 Å². The molecule has 0 aliphatic rings. The van der Waals surface area contributed by atoms with Gasteiger partial charge in [-0.2, -0.15) is 0 Å². The standard InChI is InChI=1S/C31H28N4O2S/c1-3-10-28-32-31(34-33-28)38-27(30(36)37)20-24-19-26(22-11-6-4-7-12-22)35(25-17-15-21(2)16-18-25)29(24)23-13-8-5-9-14-23/h4-9,11-20H,3,10H2,1-2H3,(H,36,37)(H,32,33,34)/b27-20-. The van der Waals surface area contributed by atoms with E-state index < -0.39 is 5.97 Å². The molecule has 0 saturated carbocycles. The van der Waals surface area contributed by atoms with Crippen LogP contribution in [0.25, 0.3) is 34.3 Å². The molecule has 5 aromatic rings. The van der Waals surface area contributed by atoms with Gasteiger partial charge in [-0.05, 0) is 60.5 Å². The second-order valence-corrected chi connectivity index (χ2v) is 9.98. The molecule has 0 unspecified atom stereocenters. The number of rotatable bonds is 9. The molecular weight excluding hydrogens is 492 g/mol. The fraction of sp³-hybridized carbons (Fsp3) is 0.129. The summed E-state index contributed by atoms with van der Waals surface area (Å²) >= 11 is 1.05. The molecule has 0 radical (unpaired) electrons. The minimum atomic E-state index is -1.03. The summed E-state index contributed by atoms with van der Waals surface area (Å²) in [6.07, 6.45) is 3.41. The molecule has 2 heterocycles. The highest BCUT2D eigenvalue weighted by molar-refractivity contribution is 8.04. The van der Waals surface area contributed by atoms with Crippen molar-refractivity contribution in [1.29, 1.82) is 0 Å². The molecule has 0 amide bonds. The quantitative estimate of drug-likeness (QED) is 0.156. The number of aliphatic carboxylic acids is 1. The lowest BCUT2D eigenvalue weighted by Crippen LogP contribution is -2.01. The zero-order valence-corrected chi connectivity index (χ0v) is 22.1. The fourth-order valence-corrected chi connectivity index (χ4v) is 5.08. The average Bonchev–Trinajstić information content (AvgIpc) is 3.54. The van der Waals surface area contributed by atoms with Crippen LogP contribution >= 0.6 is 11.8 Å². The van der Waals surface area contributed by atoms with E-state index in [2.05, 4.69) is 76.1 Å². The molecule has 0 aliphatic heterocycles. The van der Waals surface area contributed by atoms with E-state index in [0.717, 1.165) is 64.2 Å². The third-order valence-corrected chi connectivity index (χ3v) is 7.01. The first-order valence-corrected chi connectivity index (χ1v) is 13.3. The first kappa shape index (κ1) is 25.3. The van der Waals surface area contributed by atoms with Crippen LogP contribution in [0.3, 0.4) is 0 Å². The molecule has 3 aromatic carbocycles. The summed E-state index contributed by atoms with van der Waals surface area (Å²) in [5.41, 5.74) is 6.86. The van der Waals surface area contributed by atoms with Gasteiger partial charge in [-0.3, -0.25) is 5.10 Å². The number of thioether (sulfide) groups is 1. The highest BCUT2D eigenvalue weighted by Gasteiger charge is 2.21. The fourth-order valence-electron chi connectivity index (χ4n) is 4.36. The second-order valence-electron chi connectivity index (χ2n) is 8.97. The van der Waals surface area contributed by atoms with Crippen LogP contribution in [0.1, 0.15) is 30.3 Å². The van der Waals surface area contributed by atoms with Crippen molar-refractivity contribution in [3.05, 3.63) is 113 Å². The molecular formula is C31H28N4O2S. The van der Waals surface area contributed by atoms with Crippen LogP contribution in [0, 0.1) is 6.92 Å². The molecule has 2 N–H and O–H groups in total. The van der Waals surface area contributed by atoms with Gasteiger partial charge >= 0.3 is 5.97 Å². The summed E-state index contributed by atoms with van der Waals surface area (Å²) in [4.78, 5) is 17.0. The predicted molar refractivity (Wildman–Crippen MR) is 153 cm³/mol. The Bertz CT molecular complexity index is 1570. The second kappa shape index (κ2) is 11.4. The van der Waals surface area contributed by atoms with Crippen LogP contribution in [0.4, 0.5) is 0 Å². The number of nitrogens with zero attached hydrogens (tertiary/aromatic N) is 3. The molecule has 0 spiro atoms. The highest BCUT2D eigenvalue weighted by Crippen LogP contribution is 2.38. The maximum absolute atomic E-state index is 12.4. The van der Waals surface area contributed by atoms with Crippen molar-refractivity contribution >= 4 is 23.8 Å². The van der Waals surface area contributed by atoms with E-state index in [1.54, 1.807) is 6.08 Å². The Morgan fingerprint density at radius 1 is 0.974 bits per heavy atom. The number of hydrogen-bond donors (Lipinski definition) is 2. The van der Waals surface area contributed by atoms with Crippen LogP contribution in [0.15, 0.2) is 101 Å². The molecule has 0 aliphatic carbocycles. The zero-order valence-electron chi connectivity index (χ0n) is 21.3. The van der Waals surface area contributed by atoms with Crippen molar-refractivity contribution in [1.82, 2.24) is 19.7 Å². The van der Waals surface area contributed by atoms with Crippen LogP contribution in [-0.2, 0) is 11.2 Å². The predicted octanol–water partition coefficient (Wildman–Crippen LogP) is 7.41. The van der Waals surface area contributed by atoms with E-state index in [1.807, 2.05) is 48.5 Å². The van der Waals surface area contributed by atoms with Gasteiger partial charge in [0.25, 0.3) is 0 Å². The Hall–Kier alpha value is -4.36. The molecule has 0 bridgehead atoms. The zero-order chi connectivity index (χ0) is 26.5. The average molecular weight is 521 g/mol. The van der Waals surface area contributed by atoms with E-state index in [1.165, 1.54) is 5.56 Å². The first-order chi connectivity index (χ1) is 18.5. The third kappa shape index (κ3) is 5.48. The maximum Gasteiger partial charge on any atom is 0.342 e. The largest absolute Gasteiger partial charge is 0.477 e. The summed E-state index contributed by atoms with van der Waals surface area (Å²) in [7, 11) is 0. The number of hydrogen-bond acceptors (Lipinski definition) is 4. The normalized spacial score (nSPS) is 11.6. The molecule has 0 atom stereocenters. The van der Waals surface area contributed by atoms with Gasteiger partial charge in [-0.25, -0.2) is 9.78 Å². The summed E-state index contributed by atoms with van der Waals surface area (Å²) < 4.78 is 2.20. The summed E-state index contributed by atoms with van der Waals surface area (Å²) in [6, 6.07) is 30.6. The Morgan fingerprint density at radius 3 is 2.26 bits per heavy atom. The van der Waals surface area contributed by atoms with Crippen LogP contribution in [-0.4, -0.2) is 30.8 Å². The number of benzene rings is 3. The van der Waals surface area contributed by atoms with Gasteiger partial charge < -0.3 is 9.67 Å². The summed E-state index contributed by atoms with van der Waals surface area (Å²) in [5.74, 6) is -0.276. The Labute approximate surface area is 226 Å². The van der Waals surface area contributed by atoms with Crippen molar-refractivity contribution in [2.24, 2.45) is 0 Å². The van der Waals surface area contributed by atoms with Crippen molar-refractivity contribution in [3.8, 4) is 28.2 Å². The number of carboxylic acids is 1. The lowest BCUT2D eigenvalue weighted by molar-refractivity contribution is -0.131. The SMILES string of the molecule is CCCc1nc(S/C(=C\c2cc(-c3ccccc3)n(-c3ccc(C)cc3)c2-c2ccccc2)C(=O)O)n[nH]1. The summed E-state index contributed by atoms with van der Waals surface area (Å²) in [6.45, 7) is 4.13. The topological polar surface area (TPSA) is 83.8 Å². The van der Waals surface area contributed by atoms with Crippen LogP contribution < -0.4 is 0 Å². The Balaban J connectivity index is 1.73. The van der Waals surface area contributed by atoms with Crippen LogP contribution in [0.2, 0.25) is 0 Å². The van der Waals surface area contributed by atoms with E-state index >= 15 is 0 Å². The van der Waals surface area contributed by atoms with E-state index in [4.69, 9.17) is 0 Å². The molecule has 0 saturated heterocycles. The van der Waals surface area contributed by atoms with Gasteiger partial charge in [0.1, 0.15) is 10.7 Å². The Kier molecular flexibility index (Phi) is 7.56. The van der Waals surface area contributed by atoms with Crippen molar-refractivity contribution in [2.75, 3.05) is 0 Å². The number of aryl methyl sites for hydroxylation is 2. The molecule has 2 aromatic heterocycles. The first-order valence-electron chi connectivity index (χ1n) is 12.5.